The van der Waals surface area contributed by atoms with Gasteiger partial charge in [-0.15, -0.1) is 0 Å². The highest BCUT2D eigenvalue weighted by Gasteiger charge is 2.13. The van der Waals surface area contributed by atoms with Crippen LogP contribution < -0.4 is 5.73 Å². The van der Waals surface area contributed by atoms with Crippen LogP contribution in [0.15, 0.2) is 12.2 Å². The molecule has 0 heterocycles. The summed E-state index contributed by atoms with van der Waals surface area (Å²) in [7, 11) is 0. The number of ketones is 1. The smallest absolute Gasteiger partial charge is 0.139 e. The van der Waals surface area contributed by atoms with Crippen molar-refractivity contribution in [1.29, 1.82) is 0 Å². The summed E-state index contributed by atoms with van der Waals surface area (Å²) in [5.74, 6) is 0.485. The molecule has 0 fully saturated rings. The largest absolute Gasteiger partial charge is 0.328 e. The van der Waals surface area contributed by atoms with Gasteiger partial charge in [0.05, 0.1) is 0 Å². The van der Waals surface area contributed by atoms with Crippen LogP contribution >= 0.6 is 0 Å². The van der Waals surface area contributed by atoms with Crippen LogP contribution in [-0.4, -0.2) is 11.8 Å². The molecule has 0 aromatic heterocycles. The second kappa shape index (κ2) is 7.63. The van der Waals surface area contributed by atoms with E-state index in [0.717, 1.165) is 31.3 Å². The van der Waals surface area contributed by atoms with Gasteiger partial charge < -0.3 is 5.73 Å². The molecule has 0 saturated carbocycles. The Morgan fingerprint density at radius 3 is 2.40 bits per heavy atom. The highest BCUT2D eigenvalue weighted by Crippen LogP contribution is 2.15. The van der Waals surface area contributed by atoms with Gasteiger partial charge in [-0.25, -0.2) is 0 Å². The third-order valence-corrected chi connectivity index (χ3v) is 2.77. The lowest BCUT2D eigenvalue weighted by Gasteiger charge is -2.11. The Morgan fingerprint density at radius 1 is 1.33 bits per heavy atom. The molecule has 0 saturated heterocycles. The molecule has 0 spiro atoms. The van der Waals surface area contributed by atoms with Crippen LogP contribution in [0.5, 0.6) is 0 Å². The maximum atomic E-state index is 11.7. The van der Waals surface area contributed by atoms with Gasteiger partial charge in [0.15, 0.2) is 0 Å². The minimum atomic E-state index is 0.159. The topological polar surface area (TPSA) is 43.1 Å². The molecule has 2 N–H and O–H groups in total. The second-order valence-corrected chi connectivity index (χ2v) is 4.56. The number of nitrogens with two attached hydrogens (primary N) is 1. The molecular formula is C13H25NO. The Morgan fingerprint density at radius 2 is 1.93 bits per heavy atom. The van der Waals surface area contributed by atoms with Crippen LogP contribution in [0.3, 0.4) is 0 Å². The van der Waals surface area contributed by atoms with E-state index in [-0.39, 0.29) is 12.0 Å². The fraction of sp³-hybridized carbons (Fsp3) is 0.769. The zero-order valence-corrected chi connectivity index (χ0v) is 10.4. The van der Waals surface area contributed by atoms with Crippen molar-refractivity contribution in [2.75, 3.05) is 0 Å². The summed E-state index contributed by atoms with van der Waals surface area (Å²) in [4.78, 5) is 11.7. The number of carbonyl (C=O) groups excluding carboxylic acids is 1. The normalized spacial score (nSPS) is 14.7. The van der Waals surface area contributed by atoms with Gasteiger partial charge >= 0.3 is 0 Å². The lowest BCUT2D eigenvalue weighted by molar-refractivity contribution is -0.121. The number of rotatable bonds is 8. The van der Waals surface area contributed by atoms with E-state index in [9.17, 15) is 4.79 Å². The minimum Gasteiger partial charge on any atom is -0.328 e. The molecule has 2 nitrogen and oxygen atoms in total. The number of allylic oxidation sites excluding steroid dienone is 1. The molecule has 0 radical (unpaired) electrons. The second-order valence-electron chi connectivity index (χ2n) is 4.56. The molecule has 2 heteroatoms. The SMILES string of the molecule is C=C(CC)CC(=O)C(C)CCCC(C)N. The molecule has 88 valence electrons. The molecule has 15 heavy (non-hydrogen) atoms. The van der Waals surface area contributed by atoms with Gasteiger partial charge in [0.2, 0.25) is 0 Å². The maximum Gasteiger partial charge on any atom is 0.139 e. The molecule has 0 bridgehead atoms. The van der Waals surface area contributed by atoms with Crippen molar-refractivity contribution in [3.8, 4) is 0 Å². The van der Waals surface area contributed by atoms with Crippen molar-refractivity contribution >= 4 is 5.78 Å². The lowest BCUT2D eigenvalue weighted by atomic mass is 9.94. The third kappa shape index (κ3) is 7.32. The van der Waals surface area contributed by atoms with Gasteiger partial charge in [-0.05, 0) is 26.2 Å². The Balaban J connectivity index is 3.74. The fourth-order valence-electron chi connectivity index (χ4n) is 1.45. The fourth-order valence-corrected chi connectivity index (χ4v) is 1.45. The number of hydrogen-bond donors (Lipinski definition) is 1. The molecule has 0 aromatic rings. The Labute approximate surface area is 93.9 Å². The van der Waals surface area contributed by atoms with Crippen molar-refractivity contribution < 1.29 is 4.79 Å². The predicted molar refractivity (Wildman–Crippen MR) is 65.7 cm³/mol. The first kappa shape index (κ1) is 14.4. The summed E-state index contributed by atoms with van der Waals surface area (Å²) in [5, 5.41) is 0. The summed E-state index contributed by atoms with van der Waals surface area (Å²) in [6.45, 7) is 9.91. The first-order valence-corrected chi connectivity index (χ1v) is 5.92. The van der Waals surface area contributed by atoms with Gasteiger partial charge in [0.1, 0.15) is 5.78 Å². The van der Waals surface area contributed by atoms with Crippen LogP contribution in [0.25, 0.3) is 0 Å². The molecule has 0 aliphatic carbocycles. The average molecular weight is 211 g/mol. The van der Waals surface area contributed by atoms with Gasteiger partial charge in [0, 0.05) is 18.4 Å². The Bertz CT molecular complexity index is 209. The Hall–Kier alpha value is -0.630. The van der Waals surface area contributed by atoms with E-state index >= 15 is 0 Å². The Kier molecular flexibility index (Phi) is 7.31. The first-order chi connectivity index (χ1) is 6.97. The van der Waals surface area contributed by atoms with Gasteiger partial charge in [0.25, 0.3) is 0 Å². The van der Waals surface area contributed by atoms with Crippen molar-refractivity contribution in [2.45, 2.75) is 58.9 Å². The molecular weight excluding hydrogens is 186 g/mol. The predicted octanol–water partition coefficient (Wildman–Crippen LogP) is 3.07. The number of Topliss-reactive ketones (excluding diaryl/α,β-unsaturated/α-hetero) is 1. The van der Waals surface area contributed by atoms with E-state index < -0.39 is 0 Å². The van der Waals surface area contributed by atoms with E-state index in [2.05, 4.69) is 6.58 Å². The summed E-state index contributed by atoms with van der Waals surface area (Å²) < 4.78 is 0. The van der Waals surface area contributed by atoms with Gasteiger partial charge in [-0.2, -0.15) is 0 Å². The summed E-state index contributed by atoms with van der Waals surface area (Å²) in [6, 6.07) is 0.248. The van der Waals surface area contributed by atoms with Crippen LogP contribution in [-0.2, 0) is 4.79 Å². The standard InChI is InChI=1S/C13H25NO/c1-5-10(2)9-13(15)11(3)7-6-8-12(4)14/h11-12H,2,5-9,14H2,1,3-4H3. The van der Waals surface area contributed by atoms with E-state index in [1.165, 1.54) is 0 Å². The van der Waals surface area contributed by atoms with E-state index in [1.54, 1.807) is 0 Å². The molecule has 0 aliphatic rings. The quantitative estimate of drug-likeness (QED) is 0.627. The van der Waals surface area contributed by atoms with Crippen molar-refractivity contribution in [1.82, 2.24) is 0 Å². The monoisotopic (exact) mass is 211 g/mol. The van der Waals surface area contributed by atoms with E-state index in [4.69, 9.17) is 5.73 Å². The van der Waals surface area contributed by atoms with Crippen LogP contribution in [0, 0.1) is 5.92 Å². The van der Waals surface area contributed by atoms with Crippen molar-refractivity contribution in [3.05, 3.63) is 12.2 Å². The highest BCUT2D eigenvalue weighted by molar-refractivity contribution is 5.82. The highest BCUT2D eigenvalue weighted by atomic mass is 16.1. The van der Waals surface area contributed by atoms with Crippen molar-refractivity contribution in [2.24, 2.45) is 11.7 Å². The molecule has 2 atom stereocenters. The minimum absolute atomic E-state index is 0.159. The van der Waals surface area contributed by atoms with Crippen molar-refractivity contribution in [3.63, 3.8) is 0 Å². The number of hydrogen-bond acceptors (Lipinski definition) is 2. The van der Waals surface area contributed by atoms with E-state index in [0.29, 0.717) is 12.2 Å². The van der Waals surface area contributed by atoms with Crippen LogP contribution in [0.1, 0.15) is 52.9 Å². The average Bonchev–Trinajstić information content (AvgIpc) is 2.16. The van der Waals surface area contributed by atoms with E-state index in [1.807, 2.05) is 20.8 Å². The molecule has 0 amide bonds. The molecule has 0 aromatic carbocycles. The first-order valence-electron chi connectivity index (χ1n) is 5.92. The lowest BCUT2D eigenvalue weighted by Crippen LogP contribution is -2.16. The maximum absolute atomic E-state index is 11.7. The van der Waals surface area contributed by atoms with Gasteiger partial charge in [-0.1, -0.05) is 32.4 Å². The third-order valence-electron chi connectivity index (χ3n) is 2.77. The molecule has 2 unspecified atom stereocenters. The van der Waals surface area contributed by atoms with Crippen LogP contribution in [0.2, 0.25) is 0 Å². The summed E-state index contributed by atoms with van der Waals surface area (Å²) >= 11 is 0. The molecule has 0 aliphatic heterocycles. The van der Waals surface area contributed by atoms with Gasteiger partial charge in [-0.3, -0.25) is 4.79 Å². The summed E-state index contributed by atoms with van der Waals surface area (Å²) in [6.07, 6.45) is 4.46. The number of carbonyl (C=O) groups is 1. The molecule has 0 rings (SSSR count). The summed E-state index contributed by atoms with van der Waals surface area (Å²) in [5.41, 5.74) is 6.70. The zero-order chi connectivity index (χ0) is 11.8. The van der Waals surface area contributed by atoms with Crippen LogP contribution in [0.4, 0.5) is 0 Å². The zero-order valence-electron chi connectivity index (χ0n) is 10.4.